The number of rotatable bonds is 3. The van der Waals surface area contributed by atoms with E-state index in [1.165, 1.54) is 6.07 Å². The van der Waals surface area contributed by atoms with Gasteiger partial charge in [0, 0.05) is 5.56 Å². The van der Waals surface area contributed by atoms with E-state index in [-0.39, 0.29) is 17.5 Å². The molecule has 1 atom stereocenters. The smallest absolute Gasteiger partial charge is 0.287 e. The van der Waals surface area contributed by atoms with Gasteiger partial charge in [-0.15, -0.1) is 0 Å². The summed E-state index contributed by atoms with van der Waals surface area (Å²) >= 11 is 3.12. The molecule has 0 aliphatic carbocycles. The number of halogens is 2. The van der Waals surface area contributed by atoms with Crippen LogP contribution in [-0.2, 0) is 0 Å². The van der Waals surface area contributed by atoms with Crippen LogP contribution >= 0.6 is 15.9 Å². The maximum absolute atomic E-state index is 13.5. The van der Waals surface area contributed by atoms with Gasteiger partial charge in [0.1, 0.15) is 5.82 Å². The zero-order valence-electron chi connectivity index (χ0n) is 9.61. The summed E-state index contributed by atoms with van der Waals surface area (Å²) in [6.07, 6.45) is 0. The molecule has 1 heterocycles. The van der Waals surface area contributed by atoms with E-state index in [1.54, 1.807) is 37.3 Å². The van der Waals surface area contributed by atoms with E-state index in [9.17, 15) is 9.18 Å². The molecule has 1 amide bonds. The molecule has 94 valence electrons. The highest BCUT2D eigenvalue weighted by molar-refractivity contribution is 9.10. The van der Waals surface area contributed by atoms with Crippen molar-refractivity contribution in [3.8, 4) is 0 Å². The number of furan rings is 1. The molecule has 1 N–H and O–H groups in total. The topological polar surface area (TPSA) is 42.2 Å². The summed E-state index contributed by atoms with van der Waals surface area (Å²) in [4.78, 5) is 11.8. The molecule has 3 nitrogen and oxygen atoms in total. The van der Waals surface area contributed by atoms with Crippen molar-refractivity contribution in [2.24, 2.45) is 0 Å². The van der Waals surface area contributed by atoms with Gasteiger partial charge < -0.3 is 9.73 Å². The molecule has 0 spiro atoms. The van der Waals surface area contributed by atoms with Crippen molar-refractivity contribution in [1.82, 2.24) is 5.32 Å². The Kier molecular flexibility index (Phi) is 3.81. The van der Waals surface area contributed by atoms with Crippen LogP contribution in [0.5, 0.6) is 0 Å². The lowest BCUT2D eigenvalue weighted by molar-refractivity contribution is 0.0910. The first kappa shape index (κ1) is 12.8. The van der Waals surface area contributed by atoms with Crippen molar-refractivity contribution in [3.05, 3.63) is 58.2 Å². The van der Waals surface area contributed by atoms with E-state index in [2.05, 4.69) is 21.2 Å². The normalized spacial score (nSPS) is 12.2. The molecule has 1 aromatic heterocycles. The molecule has 0 saturated heterocycles. The van der Waals surface area contributed by atoms with Crippen molar-refractivity contribution in [1.29, 1.82) is 0 Å². The molecule has 2 aromatic rings. The number of hydrogen-bond donors (Lipinski definition) is 1. The zero-order valence-corrected chi connectivity index (χ0v) is 11.2. The summed E-state index contributed by atoms with van der Waals surface area (Å²) < 4.78 is 19.1. The summed E-state index contributed by atoms with van der Waals surface area (Å²) in [5, 5.41) is 2.67. The minimum atomic E-state index is -0.428. The van der Waals surface area contributed by atoms with E-state index in [4.69, 9.17) is 4.42 Å². The molecule has 0 bridgehead atoms. The number of amides is 1. The second-order valence-electron chi connectivity index (χ2n) is 3.82. The van der Waals surface area contributed by atoms with Gasteiger partial charge in [0.2, 0.25) is 0 Å². The largest absolute Gasteiger partial charge is 0.444 e. The Hall–Kier alpha value is -1.62. The fraction of sp³-hybridized carbons (Fsp3) is 0.154. The Morgan fingerprint density at radius 1 is 1.33 bits per heavy atom. The average molecular weight is 312 g/mol. The summed E-state index contributed by atoms with van der Waals surface area (Å²) in [7, 11) is 0. The first-order valence-electron chi connectivity index (χ1n) is 5.38. The predicted octanol–water partition coefficient (Wildman–Crippen LogP) is 3.67. The summed E-state index contributed by atoms with van der Waals surface area (Å²) in [6, 6.07) is 9.08. The molecule has 0 aliphatic heterocycles. The van der Waals surface area contributed by atoms with Gasteiger partial charge in [-0.1, -0.05) is 18.2 Å². The van der Waals surface area contributed by atoms with Gasteiger partial charge in [-0.25, -0.2) is 4.39 Å². The molecule has 2 rings (SSSR count). The zero-order chi connectivity index (χ0) is 13.1. The second-order valence-corrected chi connectivity index (χ2v) is 4.60. The van der Waals surface area contributed by atoms with Crippen molar-refractivity contribution in [3.63, 3.8) is 0 Å². The highest BCUT2D eigenvalue weighted by atomic mass is 79.9. The lowest BCUT2D eigenvalue weighted by atomic mass is 10.1. The SMILES string of the molecule is CC(NC(=O)c1ccc(Br)o1)c1ccccc1F. The third kappa shape index (κ3) is 2.79. The number of hydrogen-bond acceptors (Lipinski definition) is 2. The van der Waals surface area contributed by atoms with Crippen LogP contribution in [0, 0.1) is 5.82 Å². The van der Waals surface area contributed by atoms with Gasteiger partial charge in [-0.2, -0.15) is 0 Å². The predicted molar refractivity (Wildman–Crippen MR) is 68.7 cm³/mol. The third-order valence-electron chi connectivity index (χ3n) is 2.52. The Morgan fingerprint density at radius 2 is 2.06 bits per heavy atom. The van der Waals surface area contributed by atoms with Gasteiger partial charge >= 0.3 is 0 Å². The van der Waals surface area contributed by atoms with Crippen LogP contribution in [0.15, 0.2) is 45.5 Å². The van der Waals surface area contributed by atoms with Crippen molar-refractivity contribution in [2.75, 3.05) is 0 Å². The van der Waals surface area contributed by atoms with Crippen molar-refractivity contribution >= 4 is 21.8 Å². The van der Waals surface area contributed by atoms with Crippen LogP contribution in [0.25, 0.3) is 0 Å². The molecular weight excluding hydrogens is 301 g/mol. The van der Waals surface area contributed by atoms with Crippen LogP contribution in [0.4, 0.5) is 4.39 Å². The lowest BCUT2D eigenvalue weighted by Crippen LogP contribution is -2.26. The quantitative estimate of drug-likeness (QED) is 0.939. The molecule has 1 unspecified atom stereocenters. The number of nitrogens with one attached hydrogen (secondary N) is 1. The van der Waals surface area contributed by atoms with Gasteiger partial charge in [0.05, 0.1) is 6.04 Å². The van der Waals surface area contributed by atoms with Crippen LogP contribution < -0.4 is 5.32 Å². The van der Waals surface area contributed by atoms with E-state index >= 15 is 0 Å². The number of benzene rings is 1. The highest BCUT2D eigenvalue weighted by Crippen LogP contribution is 2.18. The van der Waals surface area contributed by atoms with Crippen LogP contribution in [0.2, 0.25) is 0 Å². The molecule has 0 radical (unpaired) electrons. The van der Waals surface area contributed by atoms with Crippen molar-refractivity contribution in [2.45, 2.75) is 13.0 Å². The Labute approximate surface area is 112 Å². The van der Waals surface area contributed by atoms with E-state index in [1.807, 2.05) is 0 Å². The van der Waals surface area contributed by atoms with Crippen LogP contribution in [0.3, 0.4) is 0 Å². The van der Waals surface area contributed by atoms with E-state index in [0.29, 0.717) is 10.2 Å². The highest BCUT2D eigenvalue weighted by Gasteiger charge is 2.16. The lowest BCUT2D eigenvalue weighted by Gasteiger charge is -2.13. The van der Waals surface area contributed by atoms with Gasteiger partial charge in [0.15, 0.2) is 10.4 Å². The molecule has 18 heavy (non-hydrogen) atoms. The standard InChI is InChI=1S/C13H11BrFNO2/c1-8(9-4-2-3-5-10(9)15)16-13(17)11-6-7-12(14)18-11/h2-8H,1H3,(H,16,17). The number of carbonyl (C=O) groups excluding carboxylic acids is 1. The first-order valence-corrected chi connectivity index (χ1v) is 6.18. The summed E-state index contributed by atoms with van der Waals surface area (Å²) in [6.45, 7) is 1.72. The number of carbonyl (C=O) groups is 1. The van der Waals surface area contributed by atoms with E-state index in [0.717, 1.165) is 0 Å². The fourth-order valence-electron chi connectivity index (χ4n) is 1.61. The molecular formula is C13H11BrFNO2. The third-order valence-corrected chi connectivity index (χ3v) is 2.94. The second kappa shape index (κ2) is 5.35. The molecule has 0 aliphatic rings. The molecule has 5 heteroatoms. The van der Waals surface area contributed by atoms with Crippen LogP contribution in [-0.4, -0.2) is 5.91 Å². The summed E-state index contributed by atoms with van der Waals surface area (Å²) in [5.41, 5.74) is 0.441. The first-order chi connectivity index (χ1) is 8.58. The Bertz CT molecular complexity index is 568. The van der Waals surface area contributed by atoms with Gasteiger partial charge in [-0.05, 0) is 41.1 Å². The average Bonchev–Trinajstić information content (AvgIpc) is 2.76. The van der Waals surface area contributed by atoms with Crippen molar-refractivity contribution < 1.29 is 13.6 Å². The maximum atomic E-state index is 13.5. The van der Waals surface area contributed by atoms with Gasteiger partial charge in [0.25, 0.3) is 5.91 Å². The van der Waals surface area contributed by atoms with E-state index < -0.39 is 6.04 Å². The fourth-order valence-corrected chi connectivity index (χ4v) is 1.91. The molecule has 0 fully saturated rings. The summed E-state index contributed by atoms with van der Waals surface area (Å²) in [5.74, 6) is -0.535. The maximum Gasteiger partial charge on any atom is 0.287 e. The minimum Gasteiger partial charge on any atom is -0.444 e. The van der Waals surface area contributed by atoms with Crippen LogP contribution in [0.1, 0.15) is 29.1 Å². The molecule has 0 saturated carbocycles. The van der Waals surface area contributed by atoms with Gasteiger partial charge in [-0.3, -0.25) is 4.79 Å². The monoisotopic (exact) mass is 311 g/mol. The minimum absolute atomic E-state index is 0.185. The molecule has 1 aromatic carbocycles. The Balaban J connectivity index is 2.10. The Morgan fingerprint density at radius 3 is 2.67 bits per heavy atom.